The van der Waals surface area contributed by atoms with Gasteiger partial charge in [-0.15, -0.1) is 0 Å². The van der Waals surface area contributed by atoms with Crippen LogP contribution >= 0.6 is 11.6 Å². The number of benzene rings is 3. The van der Waals surface area contributed by atoms with Crippen LogP contribution in [0.3, 0.4) is 0 Å². The van der Waals surface area contributed by atoms with Crippen LogP contribution < -0.4 is 24.4 Å². The fraction of sp³-hybridized carbons (Fsp3) is 0.480. The number of carbonyl (C=O) groups excluding carboxylic acids is 1. The number of nitrogens with zero attached hydrogens (tertiary/aromatic N) is 4. The number of aromatic nitrogens is 2. The molecule has 3 aromatic carbocycles. The fourth-order valence-electron chi connectivity index (χ4n) is 11.5. The predicted octanol–water partition coefficient (Wildman–Crippen LogP) is 9.86. The summed E-state index contributed by atoms with van der Waals surface area (Å²) in [5.41, 5.74) is 3.30. The maximum atomic E-state index is 14.2. The summed E-state index contributed by atoms with van der Waals surface area (Å²) < 4.78 is 42.5. The second-order valence-electron chi connectivity index (χ2n) is 20.1. The number of pyridine rings is 1. The Hall–Kier alpha value is -5.42. The summed E-state index contributed by atoms with van der Waals surface area (Å²) in [6, 6.07) is 20.4. The Morgan fingerprint density at radius 2 is 1.78 bits per heavy atom. The Morgan fingerprint density at radius 3 is 2.52 bits per heavy atom. The van der Waals surface area contributed by atoms with E-state index in [2.05, 4.69) is 67.9 Å². The van der Waals surface area contributed by atoms with Crippen molar-refractivity contribution in [3.63, 3.8) is 0 Å². The van der Waals surface area contributed by atoms with Gasteiger partial charge in [-0.1, -0.05) is 49.7 Å². The molecule has 2 atom stereocenters. The van der Waals surface area contributed by atoms with Crippen molar-refractivity contribution >= 4 is 55.6 Å². The summed E-state index contributed by atoms with van der Waals surface area (Å²) in [7, 11) is -4.69. The first-order chi connectivity index (χ1) is 32.1. The molecule has 1 amide bonds. The van der Waals surface area contributed by atoms with E-state index in [-0.39, 0.29) is 57.6 Å². The SMILES string of the molecule is CC(C)c1ccccc1[C@H]1CCCN1C1CC2(CCN(c3ccc(C(=O)NS(=O)(=O)c4cc5c(c([N+](=O)[O-])c4)N[C@@H](C4CCC(C)(O)CC4)CO5)c(Oc4cc5cc[nH]c5nc4Cl)c3)CC2)C1. The normalized spacial score (nSPS) is 24.2. The van der Waals surface area contributed by atoms with E-state index in [9.17, 15) is 28.4 Å². The first-order valence-corrected chi connectivity index (χ1v) is 25.5. The number of nitro groups is 1. The Bertz CT molecular complexity index is 2830. The number of anilines is 2. The van der Waals surface area contributed by atoms with Gasteiger partial charge in [-0.05, 0) is 130 Å². The number of piperidine rings is 1. The average Bonchev–Trinajstić information content (AvgIpc) is 3.97. The molecule has 4 N–H and O–H groups in total. The number of ether oxygens (including phenoxy) is 2. The number of aromatic amines is 1. The molecule has 0 radical (unpaired) electrons. The zero-order chi connectivity index (χ0) is 46.8. The number of hydrogen-bond donors (Lipinski definition) is 4. The van der Waals surface area contributed by atoms with Gasteiger partial charge >= 0.3 is 0 Å². The number of amides is 1. The minimum absolute atomic E-state index is 0.00914. The summed E-state index contributed by atoms with van der Waals surface area (Å²) in [5, 5.41) is 26.8. The van der Waals surface area contributed by atoms with E-state index in [1.807, 2.05) is 6.07 Å². The molecule has 0 bridgehead atoms. The zero-order valence-electron chi connectivity index (χ0n) is 38.1. The number of likely N-dealkylation sites (tertiary alicyclic amines) is 1. The topological polar surface area (TPSA) is 192 Å². The molecule has 5 heterocycles. The first kappa shape index (κ1) is 45.4. The van der Waals surface area contributed by atoms with Crippen LogP contribution in [0.15, 0.2) is 77.8 Å². The first-order valence-electron chi connectivity index (χ1n) is 23.6. The standard InChI is InChI=1S/C50H58ClN7O8S/c1-30(2)36-7-4-5-8-37(36)40-9-6-20-57(40)34-27-50(28-34)17-21-56(22-18-50)33-10-11-38(42(24-33)66-44-23-32-14-19-52-47(32)54-46(44)51)48(59)55-67(63,64)35-25-41(58(61)62)45-43(26-35)65-29-39(53-45)31-12-15-49(3,60)16-13-31/h4-5,7-8,10-11,14,19,23-26,30-31,34,39-40,53,60H,6,9,12-13,15-18,20-22,27-29H2,1-3H3,(H,52,54)(H,55,59)/t31?,39-,40-,49?/m1/s1. The number of rotatable bonds is 11. The molecule has 1 spiro atoms. The number of fused-ring (bicyclic) bond motifs is 2. The molecule has 5 aromatic rings. The van der Waals surface area contributed by atoms with Crippen molar-refractivity contribution in [1.29, 1.82) is 0 Å². The molecular formula is C50H58ClN7O8S. The summed E-state index contributed by atoms with van der Waals surface area (Å²) in [5.74, 6) is -0.197. The van der Waals surface area contributed by atoms with Gasteiger partial charge in [0.2, 0.25) is 0 Å². The summed E-state index contributed by atoms with van der Waals surface area (Å²) in [6.45, 7) is 9.27. The van der Waals surface area contributed by atoms with Crippen molar-refractivity contribution in [2.75, 3.05) is 36.5 Å². The van der Waals surface area contributed by atoms with Crippen LogP contribution in [0.2, 0.25) is 5.15 Å². The lowest BCUT2D eigenvalue weighted by molar-refractivity contribution is -0.384. The molecule has 2 aliphatic carbocycles. The highest BCUT2D eigenvalue weighted by molar-refractivity contribution is 7.90. The lowest BCUT2D eigenvalue weighted by atomic mass is 9.59. The molecule has 67 heavy (non-hydrogen) atoms. The van der Waals surface area contributed by atoms with E-state index < -0.39 is 37.0 Å². The maximum Gasteiger partial charge on any atom is 0.297 e. The van der Waals surface area contributed by atoms with E-state index in [0.717, 1.165) is 49.6 Å². The van der Waals surface area contributed by atoms with Gasteiger partial charge in [-0.2, -0.15) is 0 Å². The van der Waals surface area contributed by atoms with Crippen LogP contribution in [0.25, 0.3) is 11.0 Å². The van der Waals surface area contributed by atoms with Gasteiger partial charge in [0.25, 0.3) is 21.6 Å². The van der Waals surface area contributed by atoms with Crippen molar-refractivity contribution in [2.24, 2.45) is 11.3 Å². The Kier molecular flexibility index (Phi) is 11.9. The number of nitro benzene ring substituents is 1. The minimum Gasteiger partial charge on any atom is -0.489 e. The van der Waals surface area contributed by atoms with Crippen molar-refractivity contribution < 1.29 is 32.7 Å². The monoisotopic (exact) mass is 951 g/mol. The van der Waals surface area contributed by atoms with Crippen LogP contribution in [0.5, 0.6) is 17.2 Å². The lowest BCUT2D eigenvalue weighted by Gasteiger charge is -2.56. The Balaban J connectivity index is 0.866. The van der Waals surface area contributed by atoms with Crippen LogP contribution in [-0.4, -0.2) is 83.1 Å². The summed E-state index contributed by atoms with van der Waals surface area (Å²) in [4.78, 5) is 37.9. The van der Waals surface area contributed by atoms with E-state index in [1.165, 1.54) is 48.9 Å². The predicted molar refractivity (Wildman–Crippen MR) is 257 cm³/mol. The number of hydrogen-bond acceptors (Lipinski definition) is 12. The molecule has 0 unspecified atom stereocenters. The van der Waals surface area contributed by atoms with Crippen LogP contribution in [0.4, 0.5) is 17.1 Å². The molecule has 5 aliphatic rings. The zero-order valence-corrected chi connectivity index (χ0v) is 39.7. The van der Waals surface area contributed by atoms with Gasteiger partial charge in [0.05, 0.1) is 27.0 Å². The molecule has 2 saturated heterocycles. The number of aliphatic hydroxyl groups is 1. The molecule has 3 aliphatic heterocycles. The number of carbonyl (C=O) groups is 1. The van der Waals surface area contributed by atoms with Crippen LogP contribution in [-0.2, 0) is 10.0 Å². The molecule has 2 aromatic heterocycles. The second kappa shape index (κ2) is 17.6. The molecule has 15 nitrogen and oxygen atoms in total. The molecule has 354 valence electrons. The molecule has 17 heteroatoms. The third kappa shape index (κ3) is 8.93. The van der Waals surface area contributed by atoms with Gasteiger partial charge < -0.3 is 29.8 Å². The van der Waals surface area contributed by atoms with Gasteiger partial charge in [0.15, 0.2) is 22.3 Å². The molecule has 4 fully saturated rings. The summed E-state index contributed by atoms with van der Waals surface area (Å²) in [6.07, 6.45) is 11.2. The van der Waals surface area contributed by atoms with E-state index in [4.69, 9.17) is 21.1 Å². The van der Waals surface area contributed by atoms with E-state index >= 15 is 0 Å². The highest BCUT2D eigenvalue weighted by Crippen LogP contribution is 2.54. The highest BCUT2D eigenvalue weighted by atomic mass is 35.5. The largest absolute Gasteiger partial charge is 0.489 e. The molecule has 2 saturated carbocycles. The Morgan fingerprint density at radius 1 is 1.01 bits per heavy atom. The lowest BCUT2D eigenvalue weighted by Crippen LogP contribution is -2.54. The van der Waals surface area contributed by atoms with Gasteiger partial charge in [-0.25, -0.2) is 18.1 Å². The number of nitrogens with one attached hydrogen (secondary N) is 3. The quantitative estimate of drug-likeness (QED) is 0.0558. The van der Waals surface area contributed by atoms with E-state index in [1.54, 1.807) is 31.3 Å². The minimum atomic E-state index is -4.69. The van der Waals surface area contributed by atoms with Gasteiger partial charge in [0, 0.05) is 60.6 Å². The average molecular weight is 953 g/mol. The smallest absolute Gasteiger partial charge is 0.297 e. The van der Waals surface area contributed by atoms with Crippen LogP contribution in [0.1, 0.15) is 118 Å². The molecular weight excluding hydrogens is 894 g/mol. The van der Waals surface area contributed by atoms with Crippen molar-refractivity contribution in [3.05, 3.63) is 105 Å². The third-order valence-corrected chi connectivity index (χ3v) is 16.9. The maximum absolute atomic E-state index is 14.2. The van der Waals surface area contributed by atoms with Gasteiger partial charge in [-0.3, -0.25) is 19.8 Å². The highest BCUT2D eigenvalue weighted by Gasteiger charge is 2.50. The molecule has 10 rings (SSSR count). The fourth-order valence-corrected chi connectivity index (χ4v) is 12.7. The number of halogens is 1. The summed E-state index contributed by atoms with van der Waals surface area (Å²) >= 11 is 6.61. The van der Waals surface area contributed by atoms with Crippen molar-refractivity contribution in [1.82, 2.24) is 19.6 Å². The van der Waals surface area contributed by atoms with Gasteiger partial charge in [0.1, 0.15) is 18.0 Å². The van der Waals surface area contributed by atoms with E-state index in [0.29, 0.717) is 49.3 Å². The van der Waals surface area contributed by atoms with Crippen LogP contribution in [0, 0.1) is 21.4 Å². The van der Waals surface area contributed by atoms with Crippen molar-refractivity contribution in [3.8, 4) is 17.2 Å². The second-order valence-corrected chi connectivity index (χ2v) is 22.1. The van der Waals surface area contributed by atoms with Crippen molar-refractivity contribution in [2.45, 2.75) is 120 Å². The number of H-pyrrole nitrogens is 1. The Labute approximate surface area is 395 Å². The number of sulfonamides is 1. The third-order valence-electron chi connectivity index (χ3n) is 15.4.